The van der Waals surface area contributed by atoms with Crippen LogP contribution in [0.1, 0.15) is 65.2 Å². The predicted octanol–water partition coefficient (Wildman–Crippen LogP) is 2.73. The smallest absolute Gasteiger partial charge is 0.191 e. The Balaban J connectivity index is 3.71. The second kappa shape index (κ2) is 12.7. The molecule has 132 valence electrons. The molecule has 0 heterocycles. The normalized spacial score (nSPS) is 13.9. The minimum atomic E-state index is -2.90. The lowest BCUT2D eigenvalue weighted by Crippen LogP contribution is -2.43. The molecule has 0 aromatic heterocycles. The van der Waals surface area contributed by atoms with Gasteiger partial charge in [0.05, 0.1) is 5.75 Å². The van der Waals surface area contributed by atoms with Crippen LogP contribution in [0.2, 0.25) is 0 Å². The number of guanidine groups is 1. The number of unbranched alkanes of at least 4 members (excludes halogenated alkanes) is 6. The molecule has 0 aliphatic heterocycles. The number of hydrogen-bond acceptors (Lipinski definition) is 3. The Morgan fingerprint density at radius 2 is 1.68 bits per heavy atom. The van der Waals surface area contributed by atoms with Gasteiger partial charge >= 0.3 is 0 Å². The van der Waals surface area contributed by atoms with Crippen LogP contribution in [0.3, 0.4) is 0 Å². The number of hydrogen-bond donors (Lipinski definition) is 2. The number of aliphatic imine (C=N–C) groups is 1. The molecule has 0 spiro atoms. The first kappa shape index (κ1) is 21.2. The van der Waals surface area contributed by atoms with Crippen molar-refractivity contribution in [2.24, 2.45) is 4.99 Å². The van der Waals surface area contributed by atoms with E-state index < -0.39 is 9.84 Å². The summed E-state index contributed by atoms with van der Waals surface area (Å²) in [6.07, 6.45) is 10.9. The largest absolute Gasteiger partial charge is 0.356 e. The molecule has 5 nitrogen and oxygen atoms in total. The van der Waals surface area contributed by atoms with Gasteiger partial charge < -0.3 is 10.6 Å². The molecule has 0 radical (unpaired) electrons. The highest BCUT2D eigenvalue weighted by molar-refractivity contribution is 7.90. The van der Waals surface area contributed by atoms with E-state index in [0.29, 0.717) is 6.42 Å². The number of nitrogens with one attached hydrogen (secondary N) is 2. The highest BCUT2D eigenvalue weighted by Crippen LogP contribution is 2.06. The van der Waals surface area contributed by atoms with Gasteiger partial charge in [0.15, 0.2) is 5.96 Å². The monoisotopic (exact) mass is 333 g/mol. The maximum atomic E-state index is 11.2. The van der Waals surface area contributed by atoms with Crippen molar-refractivity contribution in [1.29, 1.82) is 0 Å². The van der Waals surface area contributed by atoms with Crippen LogP contribution in [0.25, 0.3) is 0 Å². The molecule has 0 aromatic rings. The maximum Gasteiger partial charge on any atom is 0.191 e. The van der Waals surface area contributed by atoms with Crippen LogP contribution >= 0.6 is 0 Å². The van der Waals surface area contributed by atoms with Crippen molar-refractivity contribution in [3.05, 3.63) is 0 Å². The summed E-state index contributed by atoms with van der Waals surface area (Å²) in [6.45, 7) is 5.12. The fraction of sp³-hybridized carbons (Fsp3) is 0.938. The number of rotatable bonds is 12. The molecule has 0 fully saturated rings. The average molecular weight is 334 g/mol. The lowest BCUT2D eigenvalue weighted by molar-refractivity contribution is 0.572. The molecule has 2 N–H and O–H groups in total. The van der Waals surface area contributed by atoms with Crippen molar-refractivity contribution in [3.63, 3.8) is 0 Å². The van der Waals surface area contributed by atoms with E-state index in [1.807, 2.05) is 6.92 Å². The Morgan fingerprint density at radius 1 is 1.09 bits per heavy atom. The molecule has 0 saturated heterocycles. The number of sulfone groups is 1. The molecule has 6 heteroatoms. The topological polar surface area (TPSA) is 70.6 Å². The fourth-order valence-corrected chi connectivity index (χ4v) is 2.96. The standard InChI is InChI=1S/C16H35N3O2S/c1-5-6-7-8-9-10-11-13-18-16(17-3)19-15(2)12-14-22(4,20)21/h15H,5-14H2,1-4H3,(H2,17,18,19). The van der Waals surface area contributed by atoms with Gasteiger partial charge in [0.2, 0.25) is 0 Å². The Morgan fingerprint density at radius 3 is 2.23 bits per heavy atom. The number of nitrogens with zero attached hydrogens (tertiary/aromatic N) is 1. The van der Waals surface area contributed by atoms with E-state index in [-0.39, 0.29) is 11.8 Å². The van der Waals surface area contributed by atoms with Crippen molar-refractivity contribution in [2.45, 2.75) is 71.3 Å². The zero-order valence-corrected chi connectivity index (χ0v) is 15.6. The van der Waals surface area contributed by atoms with Gasteiger partial charge in [-0.25, -0.2) is 8.42 Å². The lowest BCUT2D eigenvalue weighted by atomic mass is 10.1. The molecule has 0 aliphatic rings. The van der Waals surface area contributed by atoms with Gasteiger partial charge in [-0.3, -0.25) is 4.99 Å². The first-order valence-electron chi connectivity index (χ1n) is 8.54. The van der Waals surface area contributed by atoms with Crippen molar-refractivity contribution in [1.82, 2.24) is 10.6 Å². The van der Waals surface area contributed by atoms with Gasteiger partial charge in [-0.1, -0.05) is 45.4 Å². The van der Waals surface area contributed by atoms with E-state index in [1.165, 1.54) is 44.8 Å². The molecule has 1 atom stereocenters. The maximum absolute atomic E-state index is 11.2. The van der Waals surface area contributed by atoms with Crippen LogP contribution in [-0.4, -0.2) is 46.0 Å². The summed E-state index contributed by atoms with van der Waals surface area (Å²) in [7, 11) is -1.16. The summed E-state index contributed by atoms with van der Waals surface area (Å²) in [5.74, 6) is 0.961. The highest BCUT2D eigenvalue weighted by Gasteiger charge is 2.09. The molecule has 1 unspecified atom stereocenters. The Hall–Kier alpha value is -0.780. The lowest BCUT2D eigenvalue weighted by Gasteiger charge is -2.17. The Labute approximate surface area is 137 Å². The van der Waals surface area contributed by atoms with E-state index in [4.69, 9.17) is 0 Å². The summed E-state index contributed by atoms with van der Waals surface area (Å²) in [5, 5.41) is 6.52. The summed E-state index contributed by atoms with van der Waals surface area (Å²) in [4.78, 5) is 4.18. The second-order valence-corrected chi connectivity index (χ2v) is 8.34. The summed E-state index contributed by atoms with van der Waals surface area (Å²) < 4.78 is 22.3. The molecular formula is C16H35N3O2S. The van der Waals surface area contributed by atoms with Crippen molar-refractivity contribution >= 4 is 15.8 Å². The highest BCUT2D eigenvalue weighted by atomic mass is 32.2. The first-order chi connectivity index (χ1) is 10.4. The molecule has 0 saturated carbocycles. The Bertz CT molecular complexity index is 394. The molecule has 0 amide bonds. The summed E-state index contributed by atoms with van der Waals surface area (Å²) >= 11 is 0. The molecule has 0 aliphatic carbocycles. The molecular weight excluding hydrogens is 298 g/mol. The first-order valence-corrected chi connectivity index (χ1v) is 10.6. The van der Waals surface area contributed by atoms with Crippen LogP contribution in [0.4, 0.5) is 0 Å². The van der Waals surface area contributed by atoms with Crippen LogP contribution in [-0.2, 0) is 9.84 Å². The van der Waals surface area contributed by atoms with Crippen LogP contribution in [0.15, 0.2) is 4.99 Å². The van der Waals surface area contributed by atoms with Crippen LogP contribution in [0.5, 0.6) is 0 Å². The van der Waals surface area contributed by atoms with E-state index >= 15 is 0 Å². The van der Waals surface area contributed by atoms with E-state index in [2.05, 4.69) is 22.5 Å². The van der Waals surface area contributed by atoms with Crippen LogP contribution < -0.4 is 10.6 Å². The predicted molar refractivity (Wildman–Crippen MR) is 96.3 cm³/mol. The zero-order valence-electron chi connectivity index (χ0n) is 14.8. The summed E-state index contributed by atoms with van der Waals surface area (Å²) in [5.41, 5.74) is 0. The van der Waals surface area contributed by atoms with Crippen molar-refractivity contribution in [2.75, 3.05) is 25.6 Å². The summed E-state index contributed by atoms with van der Waals surface area (Å²) in [6, 6.07) is 0.0926. The van der Waals surface area contributed by atoms with Gasteiger partial charge in [-0.2, -0.15) is 0 Å². The second-order valence-electron chi connectivity index (χ2n) is 6.08. The minimum Gasteiger partial charge on any atom is -0.356 e. The van der Waals surface area contributed by atoms with Gasteiger partial charge in [0.1, 0.15) is 9.84 Å². The third kappa shape index (κ3) is 14.2. The van der Waals surface area contributed by atoms with Crippen LogP contribution in [0, 0.1) is 0 Å². The van der Waals surface area contributed by atoms with Gasteiger partial charge in [0.25, 0.3) is 0 Å². The molecule has 0 bridgehead atoms. The molecule has 22 heavy (non-hydrogen) atoms. The molecule has 0 aromatic carbocycles. The third-order valence-corrected chi connectivity index (χ3v) is 4.58. The van der Waals surface area contributed by atoms with E-state index in [9.17, 15) is 8.42 Å². The van der Waals surface area contributed by atoms with Gasteiger partial charge in [-0.05, 0) is 19.8 Å². The quantitative estimate of drug-likeness (QED) is 0.327. The van der Waals surface area contributed by atoms with Gasteiger partial charge in [-0.15, -0.1) is 0 Å². The Kier molecular flexibility index (Phi) is 12.3. The van der Waals surface area contributed by atoms with Crippen molar-refractivity contribution in [3.8, 4) is 0 Å². The SMILES string of the molecule is CCCCCCCCCNC(=NC)NC(C)CCS(C)(=O)=O. The average Bonchev–Trinajstić information content (AvgIpc) is 2.46. The minimum absolute atomic E-state index is 0.0926. The third-order valence-electron chi connectivity index (χ3n) is 3.60. The fourth-order valence-electron chi connectivity index (χ4n) is 2.18. The molecule has 0 rings (SSSR count). The zero-order chi connectivity index (χ0) is 16.8. The van der Waals surface area contributed by atoms with E-state index in [1.54, 1.807) is 7.05 Å². The van der Waals surface area contributed by atoms with E-state index in [0.717, 1.165) is 18.9 Å². The van der Waals surface area contributed by atoms with Crippen molar-refractivity contribution < 1.29 is 8.42 Å². The van der Waals surface area contributed by atoms with Gasteiger partial charge in [0, 0.05) is 25.9 Å².